The van der Waals surface area contributed by atoms with Gasteiger partial charge in [0.05, 0.1) is 13.3 Å². The highest BCUT2D eigenvalue weighted by Crippen LogP contribution is 2.33. The van der Waals surface area contributed by atoms with Crippen molar-refractivity contribution in [1.82, 2.24) is 4.90 Å². The summed E-state index contributed by atoms with van der Waals surface area (Å²) in [6, 6.07) is 0. The van der Waals surface area contributed by atoms with E-state index in [9.17, 15) is 4.39 Å². The van der Waals surface area contributed by atoms with Crippen LogP contribution in [-0.4, -0.2) is 43.9 Å². The lowest BCUT2D eigenvalue weighted by Crippen LogP contribution is -2.47. The first kappa shape index (κ1) is 12.9. The first-order chi connectivity index (χ1) is 7.29. The SMILES string of the molecule is CCCC1(COC)CCCN1CCCF. The molecule has 0 saturated carbocycles. The number of nitrogens with zero attached hydrogens (tertiary/aromatic N) is 1. The molecular formula is C12H24FNO. The Balaban J connectivity index is 2.57. The number of rotatable bonds is 7. The van der Waals surface area contributed by atoms with Crippen molar-refractivity contribution in [1.29, 1.82) is 0 Å². The maximum absolute atomic E-state index is 12.2. The Bertz CT molecular complexity index is 169. The second kappa shape index (κ2) is 6.44. The average Bonchev–Trinajstić information content (AvgIpc) is 2.59. The number of alkyl halides is 1. The molecule has 0 radical (unpaired) electrons. The maximum Gasteiger partial charge on any atom is 0.0906 e. The van der Waals surface area contributed by atoms with E-state index in [2.05, 4.69) is 11.8 Å². The maximum atomic E-state index is 12.2. The van der Waals surface area contributed by atoms with E-state index in [-0.39, 0.29) is 12.2 Å². The fraction of sp³-hybridized carbons (Fsp3) is 1.00. The molecular weight excluding hydrogens is 193 g/mol. The van der Waals surface area contributed by atoms with Crippen LogP contribution in [0.1, 0.15) is 39.0 Å². The number of ether oxygens (including phenoxy) is 1. The molecule has 0 amide bonds. The molecule has 15 heavy (non-hydrogen) atoms. The molecule has 1 aliphatic rings. The summed E-state index contributed by atoms with van der Waals surface area (Å²) in [5.41, 5.74) is 0.207. The zero-order valence-corrected chi connectivity index (χ0v) is 10.1. The molecule has 0 aromatic rings. The number of halogens is 1. The van der Waals surface area contributed by atoms with Crippen LogP contribution in [0.2, 0.25) is 0 Å². The summed E-state index contributed by atoms with van der Waals surface area (Å²) >= 11 is 0. The van der Waals surface area contributed by atoms with Crippen molar-refractivity contribution >= 4 is 0 Å². The van der Waals surface area contributed by atoms with E-state index in [4.69, 9.17) is 4.74 Å². The van der Waals surface area contributed by atoms with Gasteiger partial charge >= 0.3 is 0 Å². The number of hydrogen-bond acceptors (Lipinski definition) is 2. The van der Waals surface area contributed by atoms with E-state index in [1.54, 1.807) is 7.11 Å². The van der Waals surface area contributed by atoms with Gasteiger partial charge in [0.2, 0.25) is 0 Å². The molecule has 1 atom stereocenters. The number of methoxy groups -OCH3 is 1. The van der Waals surface area contributed by atoms with Crippen molar-refractivity contribution in [2.24, 2.45) is 0 Å². The van der Waals surface area contributed by atoms with Crippen LogP contribution in [0.4, 0.5) is 4.39 Å². The summed E-state index contributed by atoms with van der Waals surface area (Å²) in [7, 11) is 1.77. The second-order valence-electron chi connectivity index (χ2n) is 4.54. The van der Waals surface area contributed by atoms with E-state index in [0.29, 0.717) is 6.42 Å². The van der Waals surface area contributed by atoms with E-state index in [1.807, 2.05) is 0 Å². The molecule has 2 nitrogen and oxygen atoms in total. The zero-order chi connectivity index (χ0) is 11.1. The summed E-state index contributed by atoms with van der Waals surface area (Å²) in [5.74, 6) is 0. The van der Waals surface area contributed by atoms with Gasteiger partial charge in [-0.2, -0.15) is 0 Å². The van der Waals surface area contributed by atoms with Gasteiger partial charge in [-0.05, 0) is 32.2 Å². The largest absolute Gasteiger partial charge is 0.383 e. The molecule has 3 heteroatoms. The second-order valence-corrected chi connectivity index (χ2v) is 4.54. The third-order valence-electron chi connectivity index (χ3n) is 3.43. The van der Waals surface area contributed by atoms with Crippen LogP contribution in [0.15, 0.2) is 0 Å². The topological polar surface area (TPSA) is 12.5 Å². The quantitative estimate of drug-likeness (QED) is 0.650. The third kappa shape index (κ3) is 3.15. The first-order valence-electron chi connectivity index (χ1n) is 6.09. The molecule has 1 unspecified atom stereocenters. The highest BCUT2D eigenvalue weighted by atomic mass is 19.1. The van der Waals surface area contributed by atoms with Gasteiger partial charge in [0, 0.05) is 19.2 Å². The molecule has 1 heterocycles. The molecule has 0 aliphatic carbocycles. The molecule has 90 valence electrons. The van der Waals surface area contributed by atoms with Crippen molar-refractivity contribution in [3.8, 4) is 0 Å². The lowest BCUT2D eigenvalue weighted by molar-refractivity contribution is 0.0296. The lowest BCUT2D eigenvalue weighted by atomic mass is 9.91. The lowest BCUT2D eigenvalue weighted by Gasteiger charge is -2.38. The van der Waals surface area contributed by atoms with E-state index < -0.39 is 0 Å². The monoisotopic (exact) mass is 217 g/mol. The molecule has 0 aromatic carbocycles. The van der Waals surface area contributed by atoms with E-state index in [0.717, 1.165) is 19.7 Å². The van der Waals surface area contributed by atoms with E-state index >= 15 is 0 Å². The summed E-state index contributed by atoms with van der Waals surface area (Å²) in [6.07, 6.45) is 5.45. The fourth-order valence-electron chi connectivity index (χ4n) is 2.85. The van der Waals surface area contributed by atoms with Crippen LogP contribution in [0.5, 0.6) is 0 Å². The van der Waals surface area contributed by atoms with Crippen molar-refractivity contribution in [3.05, 3.63) is 0 Å². The van der Waals surface area contributed by atoms with Crippen LogP contribution in [0.3, 0.4) is 0 Å². The zero-order valence-electron chi connectivity index (χ0n) is 10.1. The molecule has 0 N–H and O–H groups in total. The summed E-state index contributed by atoms with van der Waals surface area (Å²) in [5, 5.41) is 0. The Labute approximate surface area is 92.8 Å². The Kier molecular flexibility index (Phi) is 5.54. The Hall–Kier alpha value is -0.150. The highest BCUT2D eigenvalue weighted by Gasteiger charge is 2.39. The van der Waals surface area contributed by atoms with Crippen molar-refractivity contribution in [2.75, 3.05) is 33.5 Å². The van der Waals surface area contributed by atoms with Gasteiger partial charge in [0.1, 0.15) is 0 Å². The summed E-state index contributed by atoms with van der Waals surface area (Å²) < 4.78 is 17.6. The minimum Gasteiger partial charge on any atom is -0.383 e. The number of likely N-dealkylation sites (tertiary alicyclic amines) is 1. The molecule has 0 bridgehead atoms. The minimum atomic E-state index is -0.203. The van der Waals surface area contributed by atoms with Crippen molar-refractivity contribution < 1.29 is 9.13 Å². The number of hydrogen-bond donors (Lipinski definition) is 0. The van der Waals surface area contributed by atoms with Crippen LogP contribution < -0.4 is 0 Å². The predicted octanol–water partition coefficient (Wildman–Crippen LogP) is 2.63. The molecule has 1 saturated heterocycles. The van der Waals surface area contributed by atoms with Crippen molar-refractivity contribution in [2.45, 2.75) is 44.6 Å². The summed E-state index contributed by atoms with van der Waals surface area (Å²) in [6.45, 7) is 4.81. The van der Waals surface area contributed by atoms with Gasteiger partial charge in [0.15, 0.2) is 0 Å². The standard InChI is InChI=1S/C12H24FNO/c1-3-6-12(11-15-2)7-4-9-14(12)10-5-8-13/h3-11H2,1-2H3. The Morgan fingerprint density at radius 3 is 2.87 bits per heavy atom. The van der Waals surface area contributed by atoms with Crippen LogP contribution >= 0.6 is 0 Å². The van der Waals surface area contributed by atoms with Gasteiger partial charge in [-0.1, -0.05) is 13.3 Å². The fourth-order valence-corrected chi connectivity index (χ4v) is 2.85. The smallest absolute Gasteiger partial charge is 0.0906 e. The van der Waals surface area contributed by atoms with Crippen LogP contribution in [-0.2, 0) is 4.74 Å². The third-order valence-corrected chi connectivity index (χ3v) is 3.43. The molecule has 1 fully saturated rings. The average molecular weight is 217 g/mol. The first-order valence-corrected chi connectivity index (χ1v) is 6.09. The van der Waals surface area contributed by atoms with Gasteiger partial charge in [-0.15, -0.1) is 0 Å². The van der Waals surface area contributed by atoms with E-state index in [1.165, 1.54) is 25.7 Å². The molecule has 1 aliphatic heterocycles. The molecule has 1 rings (SSSR count). The van der Waals surface area contributed by atoms with Gasteiger partial charge in [0.25, 0.3) is 0 Å². The van der Waals surface area contributed by atoms with Crippen LogP contribution in [0, 0.1) is 0 Å². The van der Waals surface area contributed by atoms with Gasteiger partial charge < -0.3 is 4.74 Å². The Morgan fingerprint density at radius 1 is 1.47 bits per heavy atom. The summed E-state index contributed by atoms with van der Waals surface area (Å²) in [4.78, 5) is 2.44. The molecule has 0 spiro atoms. The molecule has 0 aromatic heterocycles. The predicted molar refractivity (Wildman–Crippen MR) is 60.9 cm³/mol. The minimum absolute atomic E-state index is 0.203. The van der Waals surface area contributed by atoms with Gasteiger partial charge in [-0.3, -0.25) is 9.29 Å². The normalized spacial score (nSPS) is 27.4. The van der Waals surface area contributed by atoms with Crippen molar-refractivity contribution in [3.63, 3.8) is 0 Å². The van der Waals surface area contributed by atoms with Gasteiger partial charge in [-0.25, -0.2) is 0 Å². The highest BCUT2D eigenvalue weighted by molar-refractivity contribution is 4.95. The van der Waals surface area contributed by atoms with Crippen LogP contribution in [0.25, 0.3) is 0 Å². The Morgan fingerprint density at radius 2 is 2.27 bits per heavy atom.